The Hall–Kier alpha value is -3.69. The fourth-order valence-electron chi connectivity index (χ4n) is 6.40. The zero-order valence-electron chi connectivity index (χ0n) is 24.1. The van der Waals surface area contributed by atoms with E-state index in [9.17, 15) is 9.59 Å². The van der Waals surface area contributed by atoms with Crippen molar-refractivity contribution >= 4 is 34.4 Å². The summed E-state index contributed by atoms with van der Waals surface area (Å²) < 4.78 is 9.18. The molecule has 1 aromatic carbocycles. The predicted molar refractivity (Wildman–Crippen MR) is 165 cm³/mol. The molecule has 2 aliphatic rings. The molecule has 0 spiro atoms. The van der Waals surface area contributed by atoms with Crippen molar-refractivity contribution in [2.75, 3.05) is 25.1 Å². The minimum Gasteiger partial charge on any atom is -0.381 e. The molecule has 42 heavy (non-hydrogen) atoms. The number of aryl methyl sites for hydroxylation is 1. The predicted octanol–water partition coefficient (Wildman–Crippen LogP) is 5.15. The van der Waals surface area contributed by atoms with Gasteiger partial charge in [0.1, 0.15) is 5.82 Å². The summed E-state index contributed by atoms with van der Waals surface area (Å²) in [6.07, 6.45) is 9.24. The molecule has 2 fully saturated rings. The van der Waals surface area contributed by atoms with Gasteiger partial charge in [-0.25, -0.2) is 9.78 Å². The number of para-hydroxylation sites is 2. The molecule has 9 nitrogen and oxygen atoms in total. The van der Waals surface area contributed by atoms with E-state index in [2.05, 4.69) is 15.2 Å². The third-order valence-electron chi connectivity index (χ3n) is 8.85. The van der Waals surface area contributed by atoms with Crippen LogP contribution in [0.1, 0.15) is 54.6 Å². The van der Waals surface area contributed by atoms with E-state index in [1.165, 1.54) is 0 Å². The van der Waals surface area contributed by atoms with Crippen LogP contribution in [0.2, 0.25) is 5.02 Å². The number of piperidine rings is 1. The first-order chi connectivity index (χ1) is 20.4. The van der Waals surface area contributed by atoms with Crippen LogP contribution >= 0.6 is 11.6 Å². The molecule has 3 aromatic heterocycles. The van der Waals surface area contributed by atoms with Crippen molar-refractivity contribution in [2.45, 2.75) is 64.1 Å². The quantitative estimate of drug-likeness (QED) is 0.321. The monoisotopic (exact) mass is 588 g/mol. The van der Waals surface area contributed by atoms with Crippen LogP contribution in [0.4, 0.5) is 5.82 Å². The van der Waals surface area contributed by atoms with Crippen molar-refractivity contribution < 1.29 is 9.53 Å². The molecule has 1 amide bonds. The number of aromatic nitrogens is 4. The number of carbonyl (C=O) groups excluding carboxylic acids is 1. The van der Waals surface area contributed by atoms with Crippen LogP contribution in [0.3, 0.4) is 0 Å². The van der Waals surface area contributed by atoms with Crippen LogP contribution in [-0.2, 0) is 11.3 Å². The number of amides is 1. The van der Waals surface area contributed by atoms with Gasteiger partial charge in [0.05, 0.1) is 45.3 Å². The molecule has 1 aliphatic heterocycles. The van der Waals surface area contributed by atoms with Crippen molar-refractivity contribution in [1.82, 2.24) is 24.4 Å². The van der Waals surface area contributed by atoms with E-state index >= 15 is 0 Å². The molecule has 0 atom stereocenters. The van der Waals surface area contributed by atoms with E-state index in [1.54, 1.807) is 30.1 Å². The van der Waals surface area contributed by atoms with Gasteiger partial charge in [0, 0.05) is 39.0 Å². The summed E-state index contributed by atoms with van der Waals surface area (Å²) in [7, 11) is 1.77. The molecule has 1 saturated heterocycles. The van der Waals surface area contributed by atoms with Crippen LogP contribution in [0.15, 0.2) is 59.7 Å². The average Bonchev–Trinajstić information content (AvgIpc) is 3.30. The summed E-state index contributed by atoms with van der Waals surface area (Å²) >= 11 is 6.06. The van der Waals surface area contributed by atoms with E-state index in [0.717, 1.165) is 74.2 Å². The summed E-state index contributed by atoms with van der Waals surface area (Å²) in [6.45, 7) is 4.28. The van der Waals surface area contributed by atoms with Crippen LogP contribution < -0.4 is 15.9 Å². The highest BCUT2D eigenvalue weighted by Crippen LogP contribution is 2.28. The molecule has 1 aliphatic carbocycles. The largest absolute Gasteiger partial charge is 0.381 e. The number of fused-ring (bicyclic) bond motifs is 1. The molecule has 220 valence electrons. The number of imidazole rings is 1. The molecular formula is C32H37ClN6O3. The number of nitrogens with one attached hydrogen (secondary N) is 1. The number of carbonyl (C=O) groups is 1. The smallest absolute Gasteiger partial charge is 0.333 e. The van der Waals surface area contributed by atoms with Gasteiger partial charge in [-0.05, 0) is 81.7 Å². The lowest BCUT2D eigenvalue weighted by Crippen LogP contribution is -2.39. The number of hydrogen-bond acceptors (Lipinski definition) is 6. The number of ether oxygens (including phenoxy) is 1. The second kappa shape index (κ2) is 12.3. The molecule has 6 rings (SSSR count). The maximum Gasteiger partial charge on any atom is 0.333 e. The Morgan fingerprint density at radius 2 is 1.74 bits per heavy atom. The Kier molecular flexibility index (Phi) is 8.31. The Morgan fingerprint density at radius 3 is 2.43 bits per heavy atom. The van der Waals surface area contributed by atoms with Crippen molar-refractivity contribution in [2.24, 2.45) is 5.92 Å². The number of hydrogen-bond donors (Lipinski definition) is 1. The highest BCUT2D eigenvalue weighted by atomic mass is 35.5. The van der Waals surface area contributed by atoms with Crippen molar-refractivity contribution in [3.63, 3.8) is 0 Å². The highest BCUT2D eigenvalue weighted by Gasteiger charge is 2.26. The van der Waals surface area contributed by atoms with E-state index in [1.807, 2.05) is 47.9 Å². The van der Waals surface area contributed by atoms with Crippen LogP contribution in [0.25, 0.3) is 16.7 Å². The minimum absolute atomic E-state index is 0.0500. The van der Waals surface area contributed by atoms with Crippen LogP contribution in [0.5, 0.6) is 0 Å². The van der Waals surface area contributed by atoms with E-state index in [-0.39, 0.29) is 17.6 Å². The number of halogens is 1. The molecule has 4 aromatic rings. The van der Waals surface area contributed by atoms with Crippen molar-refractivity contribution in [1.29, 1.82) is 0 Å². The van der Waals surface area contributed by atoms with Gasteiger partial charge >= 0.3 is 5.69 Å². The first-order valence-corrected chi connectivity index (χ1v) is 15.2. The molecule has 10 heteroatoms. The maximum atomic E-state index is 13.8. The summed E-state index contributed by atoms with van der Waals surface area (Å²) in [5.74, 6) is 1.14. The third kappa shape index (κ3) is 5.80. The van der Waals surface area contributed by atoms with Gasteiger partial charge in [0.2, 0.25) is 0 Å². The minimum atomic E-state index is -0.135. The standard InChI is InChI=1S/C32H37ClN6O3/c1-21-27(17-23(33)18-34-21)31(40)36-24-9-7-22(8-10-24)20-38-28-5-3-4-6-29(28)39(32(38)41)25-11-12-30(35-19-25)37-15-13-26(42-2)14-16-37/h3-6,11-12,17-19,22,24,26H,7-10,13-16,20H2,1-2H3,(H,36,40)/t22-,24-. The van der Waals surface area contributed by atoms with Gasteiger partial charge in [-0.1, -0.05) is 23.7 Å². The van der Waals surface area contributed by atoms with Gasteiger partial charge < -0.3 is 15.0 Å². The molecule has 1 saturated carbocycles. The first kappa shape index (κ1) is 28.4. The van der Waals surface area contributed by atoms with Gasteiger partial charge in [-0.15, -0.1) is 0 Å². The van der Waals surface area contributed by atoms with Gasteiger partial charge in [-0.2, -0.15) is 0 Å². The van der Waals surface area contributed by atoms with E-state index < -0.39 is 0 Å². The van der Waals surface area contributed by atoms with Crippen LogP contribution in [-0.4, -0.2) is 57.4 Å². The summed E-state index contributed by atoms with van der Waals surface area (Å²) in [6, 6.07) is 13.7. The van der Waals surface area contributed by atoms with E-state index in [4.69, 9.17) is 21.3 Å². The lowest BCUT2D eigenvalue weighted by atomic mass is 9.85. The summed E-state index contributed by atoms with van der Waals surface area (Å²) in [4.78, 5) is 37.9. The number of anilines is 1. The highest BCUT2D eigenvalue weighted by molar-refractivity contribution is 6.30. The van der Waals surface area contributed by atoms with Gasteiger partial charge in [0.15, 0.2) is 0 Å². The fourth-order valence-corrected chi connectivity index (χ4v) is 6.56. The Labute approximate surface area is 250 Å². The fraction of sp³-hybridized carbons (Fsp3) is 0.438. The number of pyridine rings is 2. The molecule has 0 unspecified atom stereocenters. The number of rotatable bonds is 7. The Bertz CT molecular complexity index is 1620. The molecular weight excluding hydrogens is 552 g/mol. The topological polar surface area (TPSA) is 94.3 Å². The molecule has 0 radical (unpaired) electrons. The van der Waals surface area contributed by atoms with Gasteiger partial charge in [0.25, 0.3) is 5.91 Å². The lowest BCUT2D eigenvalue weighted by Gasteiger charge is -2.32. The van der Waals surface area contributed by atoms with E-state index in [0.29, 0.717) is 34.8 Å². The number of benzene rings is 1. The average molecular weight is 589 g/mol. The molecule has 0 bridgehead atoms. The zero-order chi connectivity index (χ0) is 29.2. The number of nitrogens with zero attached hydrogens (tertiary/aromatic N) is 5. The second-order valence-corrected chi connectivity index (χ2v) is 11.9. The van der Waals surface area contributed by atoms with Crippen LogP contribution in [0, 0.1) is 12.8 Å². The lowest BCUT2D eigenvalue weighted by molar-refractivity contribution is 0.0818. The third-order valence-corrected chi connectivity index (χ3v) is 9.05. The SMILES string of the molecule is COC1CCN(c2ccc(-n3c(=O)n(C[C@H]4CC[C@H](NC(=O)c5cc(Cl)cnc5C)CC4)c4ccccc43)cn2)CC1. The summed E-state index contributed by atoms with van der Waals surface area (Å²) in [5, 5.41) is 3.61. The molecule has 1 N–H and O–H groups in total. The Morgan fingerprint density at radius 1 is 1.00 bits per heavy atom. The second-order valence-electron chi connectivity index (χ2n) is 11.5. The van der Waals surface area contributed by atoms with Crippen molar-refractivity contribution in [3.05, 3.63) is 81.6 Å². The summed E-state index contributed by atoms with van der Waals surface area (Å²) in [5.41, 5.74) is 3.70. The first-order valence-electron chi connectivity index (χ1n) is 14.8. The normalized spacial score (nSPS) is 19.7. The zero-order valence-corrected chi connectivity index (χ0v) is 24.9. The number of methoxy groups -OCH3 is 1. The van der Waals surface area contributed by atoms with Crippen molar-refractivity contribution in [3.8, 4) is 5.69 Å². The molecule has 4 heterocycles. The van der Waals surface area contributed by atoms with Gasteiger partial charge in [-0.3, -0.25) is 18.9 Å². The maximum absolute atomic E-state index is 13.8. The Balaban J connectivity index is 1.14.